The number of H-pyrrole nitrogens is 1. The van der Waals surface area contributed by atoms with Crippen LogP contribution in [-0.4, -0.2) is 11.0 Å². The minimum atomic E-state index is -0.427. The number of fused-ring (bicyclic) bond motifs is 1. The van der Waals surface area contributed by atoms with Gasteiger partial charge in [0.05, 0.1) is 6.26 Å². The molecule has 90 valence electrons. The highest BCUT2D eigenvalue weighted by atomic mass is 32.1. The van der Waals surface area contributed by atoms with E-state index in [0.29, 0.717) is 27.3 Å². The van der Waals surface area contributed by atoms with Crippen LogP contribution in [0.4, 0.5) is 0 Å². The number of hydrogen-bond donors (Lipinski definition) is 1. The van der Waals surface area contributed by atoms with Gasteiger partial charge in [-0.15, -0.1) is 0 Å². The number of ether oxygens (including phenoxy) is 1. The van der Waals surface area contributed by atoms with Crippen LogP contribution in [0.2, 0.25) is 0 Å². The van der Waals surface area contributed by atoms with Gasteiger partial charge >= 0.3 is 5.97 Å². The summed E-state index contributed by atoms with van der Waals surface area (Å²) < 4.78 is 10.8. The summed E-state index contributed by atoms with van der Waals surface area (Å²) in [6.45, 7) is 1.88. The zero-order valence-electron chi connectivity index (χ0n) is 9.52. The van der Waals surface area contributed by atoms with Gasteiger partial charge < -0.3 is 14.1 Å². The molecule has 0 aliphatic carbocycles. The Morgan fingerprint density at radius 3 is 3.00 bits per heavy atom. The Morgan fingerprint density at radius 2 is 2.28 bits per heavy atom. The van der Waals surface area contributed by atoms with Gasteiger partial charge in [-0.05, 0) is 25.1 Å². The average Bonchev–Trinajstić information content (AvgIpc) is 2.88. The molecule has 18 heavy (non-hydrogen) atoms. The number of rotatable bonds is 1. The van der Waals surface area contributed by atoms with Crippen LogP contribution in [0.25, 0.3) is 11.8 Å². The number of nitrogens with one attached hydrogen (secondary N) is 1. The lowest BCUT2D eigenvalue weighted by atomic mass is 10.1. The number of aromatic amines is 1. The van der Waals surface area contributed by atoms with Crippen LogP contribution >= 0.6 is 12.2 Å². The van der Waals surface area contributed by atoms with Crippen molar-refractivity contribution in [2.75, 3.05) is 0 Å². The van der Waals surface area contributed by atoms with Crippen molar-refractivity contribution < 1.29 is 13.9 Å². The summed E-state index contributed by atoms with van der Waals surface area (Å²) >= 11 is 5.14. The van der Waals surface area contributed by atoms with E-state index >= 15 is 0 Å². The van der Waals surface area contributed by atoms with Gasteiger partial charge in [-0.25, -0.2) is 4.79 Å². The predicted octanol–water partition coefficient (Wildman–Crippen LogP) is 3.31. The minimum Gasteiger partial charge on any atom is -0.465 e. The molecule has 2 aromatic heterocycles. The molecule has 0 atom stereocenters. The van der Waals surface area contributed by atoms with E-state index < -0.39 is 5.97 Å². The van der Waals surface area contributed by atoms with Crippen molar-refractivity contribution in [3.63, 3.8) is 0 Å². The highest BCUT2D eigenvalue weighted by Gasteiger charge is 2.28. The van der Waals surface area contributed by atoms with E-state index in [1.54, 1.807) is 24.5 Å². The van der Waals surface area contributed by atoms with E-state index in [2.05, 4.69) is 4.98 Å². The summed E-state index contributed by atoms with van der Waals surface area (Å²) in [4.78, 5) is 14.7. The molecule has 0 bridgehead atoms. The molecule has 1 N–H and O–H groups in total. The van der Waals surface area contributed by atoms with Crippen LogP contribution in [0.3, 0.4) is 0 Å². The van der Waals surface area contributed by atoms with Gasteiger partial charge in [0.2, 0.25) is 0 Å². The largest absolute Gasteiger partial charge is 0.465 e. The second-order valence-electron chi connectivity index (χ2n) is 3.98. The van der Waals surface area contributed by atoms with Crippen LogP contribution in [0, 0.1) is 11.6 Å². The van der Waals surface area contributed by atoms with Crippen molar-refractivity contribution in [3.05, 3.63) is 51.7 Å². The van der Waals surface area contributed by atoms with Gasteiger partial charge in [0, 0.05) is 17.3 Å². The van der Waals surface area contributed by atoms with Crippen LogP contribution in [0.15, 0.2) is 28.9 Å². The normalized spacial score (nSPS) is 15.8. The molecule has 0 radical (unpaired) electrons. The van der Waals surface area contributed by atoms with E-state index in [1.807, 2.05) is 13.0 Å². The summed E-state index contributed by atoms with van der Waals surface area (Å²) in [6, 6.07) is 5.40. The number of aryl methyl sites for hydroxylation is 1. The second kappa shape index (κ2) is 3.96. The fraction of sp³-hybridized carbons (Fsp3) is 0.0769. The van der Waals surface area contributed by atoms with Gasteiger partial charge in [-0.2, -0.15) is 0 Å². The lowest BCUT2D eigenvalue weighted by Crippen LogP contribution is -1.97. The number of hydrogen-bond acceptors (Lipinski definition) is 4. The molecule has 4 nitrogen and oxygen atoms in total. The fourth-order valence-corrected chi connectivity index (χ4v) is 2.26. The molecule has 1 aliphatic rings. The summed E-state index contributed by atoms with van der Waals surface area (Å²) in [7, 11) is 0. The number of carbonyl (C=O) groups is 1. The zero-order chi connectivity index (χ0) is 12.7. The highest BCUT2D eigenvalue weighted by molar-refractivity contribution is 7.71. The SMILES string of the molecule is Cc1cc2c(c(=S)[nH]1)C(=O)OC2=Cc1ccco1. The lowest BCUT2D eigenvalue weighted by molar-refractivity contribution is 0.0716. The smallest absolute Gasteiger partial charge is 0.347 e. The topological polar surface area (TPSA) is 55.2 Å². The summed E-state index contributed by atoms with van der Waals surface area (Å²) in [5, 5.41) is 0. The number of cyclic esters (lactones) is 1. The van der Waals surface area contributed by atoms with Crippen molar-refractivity contribution in [2.24, 2.45) is 0 Å². The molecule has 0 unspecified atom stereocenters. The van der Waals surface area contributed by atoms with E-state index in [0.717, 1.165) is 5.69 Å². The van der Waals surface area contributed by atoms with Gasteiger partial charge in [-0.3, -0.25) is 0 Å². The third kappa shape index (κ3) is 1.69. The van der Waals surface area contributed by atoms with Crippen LogP contribution < -0.4 is 0 Å². The van der Waals surface area contributed by atoms with E-state index in [-0.39, 0.29) is 0 Å². The van der Waals surface area contributed by atoms with Gasteiger partial charge in [0.15, 0.2) is 0 Å². The summed E-state index contributed by atoms with van der Waals surface area (Å²) in [5.74, 6) is 0.666. The first-order chi connectivity index (χ1) is 8.65. The first-order valence-corrected chi connectivity index (χ1v) is 5.77. The van der Waals surface area contributed by atoms with Crippen molar-refractivity contribution >= 4 is 30.0 Å². The Bertz CT molecular complexity index is 710. The maximum absolute atomic E-state index is 11.8. The number of esters is 1. The number of pyridine rings is 1. The molecular weight excluding hydrogens is 250 g/mol. The standard InChI is InChI=1S/C13H9NO3S/c1-7-5-9-10(6-8-3-2-4-16-8)17-13(15)11(9)12(18)14-7/h2-6H,1H3,(H,14,18). The molecule has 1 aliphatic heterocycles. The molecule has 0 saturated heterocycles. The zero-order valence-corrected chi connectivity index (χ0v) is 10.3. The van der Waals surface area contributed by atoms with Crippen LogP contribution in [0.5, 0.6) is 0 Å². The molecule has 2 aromatic rings. The van der Waals surface area contributed by atoms with Gasteiger partial charge in [-0.1, -0.05) is 12.2 Å². The minimum absolute atomic E-state index is 0.401. The third-order valence-corrected chi connectivity index (χ3v) is 2.96. The Balaban J connectivity index is 2.20. The van der Waals surface area contributed by atoms with E-state index in [1.165, 1.54) is 0 Å². The highest BCUT2D eigenvalue weighted by Crippen LogP contribution is 2.32. The molecule has 3 rings (SSSR count). The van der Waals surface area contributed by atoms with Gasteiger partial charge in [0.1, 0.15) is 21.7 Å². The predicted molar refractivity (Wildman–Crippen MR) is 68.4 cm³/mol. The van der Waals surface area contributed by atoms with E-state index in [9.17, 15) is 4.79 Å². The number of aromatic nitrogens is 1. The Kier molecular flexibility index (Phi) is 2.41. The fourth-order valence-electron chi connectivity index (χ4n) is 1.90. The maximum atomic E-state index is 11.8. The van der Waals surface area contributed by atoms with E-state index in [4.69, 9.17) is 21.4 Å². The molecule has 0 aromatic carbocycles. The quantitative estimate of drug-likeness (QED) is 0.630. The third-order valence-electron chi connectivity index (χ3n) is 2.66. The molecule has 0 amide bonds. The molecule has 0 spiro atoms. The Morgan fingerprint density at radius 1 is 1.44 bits per heavy atom. The lowest BCUT2D eigenvalue weighted by Gasteiger charge is -1.99. The first kappa shape index (κ1) is 11.0. The Labute approximate surface area is 108 Å². The summed E-state index contributed by atoms with van der Waals surface area (Å²) in [6.07, 6.45) is 3.24. The number of furan rings is 1. The molecular formula is C13H9NO3S. The van der Waals surface area contributed by atoms with Crippen molar-refractivity contribution in [1.82, 2.24) is 4.98 Å². The monoisotopic (exact) mass is 259 g/mol. The first-order valence-electron chi connectivity index (χ1n) is 5.37. The molecule has 3 heterocycles. The molecule has 0 fully saturated rings. The van der Waals surface area contributed by atoms with Crippen molar-refractivity contribution in [1.29, 1.82) is 0 Å². The summed E-state index contributed by atoms with van der Waals surface area (Å²) in [5.41, 5.74) is 1.99. The Hall–Kier alpha value is -2.14. The molecule has 0 saturated carbocycles. The van der Waals surface area contributed by atoms with Crippen molar-refractivity contribution in [2.45, 2.75) is 6.92 Å². The maximum Gasteiger partial charge on any atom is 0.347 e. The van der Waals surface area contributed by atoms with Crippen LogP contribution in [-0.2, 0) is 4.74 Å². The van der Waals surface area contributed by atoms with Gasteiger partial charge in [0.25, 0.3) is 0 Å². The molecule has 5 heteroatoms. The number of carbonyl (C=O) groups excluding carboxylic acids is 1. The van der Waals surface area contributed by atoms with Crippen LogP contribution in [0.1, 0.15) is 27.4 Å². The average molecular weight is 259 g/mol. The van der Waals surface area contributed by atoms with Crippen molar-refractivity contribution in [3.8, 4) is 0 Å². The second-order valence-corrected chi connectivity index (χ2v) is 4.39.